The molecule has 252 valence electrons. The molecule has 0 heterocycles. The second-order valence-corrected chi connectivity index (χ2v) is 12.0. The summed E-state index contributed by atoms with van der Waals surface area (Å²) < 4.78 is 28.2. The second-order valence-electron chi connectivity index (χ2n) is 12.0. The van der Waals surface area contributed by atoms with Gasteiger partial charge in [-0.2, -0.15) is 0 Å². The van der Waals surface area contributed by atoms with Crippen molar-refractivity contribution < 1.29 is 28.3 Å². The van der Waals surface area contributed by atoms with Gasteiger partial charge in [-0.15, -0.1) is 5.92 Å². The zero-order valence-corrected chi connectivity index (χ0v) is 28.1. The fraction of sp³-hybridized carbons (Fsp3) is 0.528. The topological polar surface area (TPSA) is 102 Å². The van der Waals surface area contributed by atoms with Crippen LogP contribution in [0.1, 0.15) is 105 Å². The number of benzene rings is 2. The van der Waals surface area contributed by atoms with E-state index in [9.17, 15) is 28.3 Å². The molecule has 2 rings (SSSR count). The first-order valence-corrected chi connectivity index (χ1v) is 16.3. The largest absolute Gasteiger partial charge is 0.390 e. The highest BCUT2D eigenvalue weighted by molar-refractivity contribution is 6.00. The fourth-order valence-electron chi connectivity index (χ4n) is 5.14. The van der Waals surface area contributed by atoms with E-state index in [0.717, 1.165) is 43.9 Å². The van der Waals surface area contributed by atoms with Crippen LogP contribution in [0.2, 0.25) is 0 Å². The van der Waals surface area contributed by atoms with Crippen LogP contribution in [-0.2, 0) is 11.2 Å². The number of halogens is 2. The van der Waals surface area contributed by atoms with Crippen molar-refractivity contribution in [2.24, 2.45) is 5.92 Å². The smallest absolute Gasteiger partial charge is 0.253 e. The van der Waals surface area contributed by atoms with E-state index in [2.05, 4.69) is 22.6 Å². The molecule has 3 amide bonds. The van der Waals surface area contributed by atoms with Crippen LogP contribution >= 0.6 is 0 Å². The van der Waals surface area contributed by atoms with Gasteiger partial charge in [0, 0.05) is 55.4 Å². The molecule has 46 heavy (non-hydrogen) atoms. The van der Waals surface area contributed by atoms with Crippen molar-refractivity contribution in [2.75, 3.05) is 26.2 Å². The maximum Gasteiger partial charge on any atom is 0.253 e. The molecule has 2 aromatic rings. The number of nitrogens with one attached hydrogen (secondary N) is 2. The van der Waals surface area contributed by atoms with E-state index in [-0.39, 0.29) is 41.8 Å². The Hall–Kier alpha value is -3.81. The first kappa shape index (κ1) is 38.4. The van der Waals surface area contributed by atoms with Gasteiger partial charge in [0.1, 0.15) is 11.6 Å². The van der Waals surface area contributed by atoms with Crippen LogP contribution in [0.4, 0.5) is 8.78 Å². The molecule has 0 spiro atoms. The maximum absolute atomic E-state index is 14.1. The lowest BCUT2D eigenvalue weighted by molar-refractivity contribution is -0.127. The number of carbonyl (C=O) groups is 3. The SMILES string of the molecule is CC#Cc1cc(C(=O)NC(Cc2cc(F)cc(F)c2)C(O)CN(CCCC)NC(=O)CC(C)C)cc(C(=O)N(CCC)CCC)c1. The summed E-state index contributed by atoms with van der Waals surface area (Å²) in [4.78, 5) is 41.5. The molecular weight excluding hydrogens is 590 g/mol. The van der Waals surface area contributed by atoms with Gasteiger partial charge in [-0.1, -0.05) is 47.0 Å². The van der Waals surface area contributed by atoms with Crippen LogP contribution in [0.3, 0.4) is 0 Å². The highest BCUT2D eigenvalue weighted by Gasteiger charge is 2.27. The summed E-state index contributed by atoms with van der Waals surface area (Å²) in [7, 11) is 0. The average Bonchev–Trinajstić information content (AvgIpc) is 2.98. The van der Waals surface area contributed by atoms with Crippen LogP contribution in [0, 0.1) is 29.4 Å². The molecule has 10 heteroatoms. The van der Waals surface area contributed by atoms with E-state index in [1.54, 1.807) is 29.0 Å². The zero-order chi connectivity index (χ0) is 34.2. The summed E-state index contributed by atoms with van der Waals surface area (Å²) in [5, 5.41) is 15.9. The number of hydrogen-bond acceptors (Lipinski definition) is 5. The molecule has 0 bridgehead atoms. The summed E-state index contributed by atoms with van der Waals surface area (Å²) in [5.74, 6) is 3.31. The summed E-state index contributed by atoms with van der Waals surface area (Å²) in [5.41, 5.74) is 4.05. The lowest BCUT2D eigenvalue weighted by atomic mass is 9.99. The van der Waals surface area contributed by atoms with Crippen LogP contribution in [0.25, 0.3) is 0 Å². The van der Waals surface area contributed by atoms with Crippen LogP contribution in [-0.4, -0.2) is 71.1 Å². The van der Waals surface area contributed by atoms with Gasteiger partial charge in [-0.25, -0.2) is 13.8 Å². The van der Waals surface area contributed by atoms with Crippen molar-refractivity contribution in [3.05, 3.63) is 70.3 Å². The fourth-order valence-corrected chi connectivity index (χ4v) is 5.14. The lowest BCUT2D eigenvalue weighted by Crippen LogP contribution is -2.53. The molecular formula is C36H50F2N4O4. The van der Waals surface area contributed by atoms with Gasteiger partial charge in [0.05, 0.1) is 12.1 Å². The summed E-state index contributed by atoms with van der Waals surface area (Å²) in [6.45, 7) is 13.1. The van der Waals surface area contributed by atoms with Crippen molar-refractivity contribution in [1.29, 1.82) is 0 Å². The second kappa shape index (κ2) is 19.6. The molecule has 0 fully saturated rings. The number of aliphatic hydroxyl groups excluding tert-OH is 1. The summed E-state index contributed by atoms with van der Waals surface area (Å²) >= 11 is 0. The maximum atomic E-state index is 14.1. The molecule has 0 aliphatic rings. The third-order valence-electron chi connectivity index (χ3n) is 7.21. The van der Waals surface area contributed by atoms with Gasteiger partial charge >= 0.3 is 0 Å². The molecule has 2 aromatic carbocycles. The molecule has 2 atom stereocenters. The number of hydrazine groups is 1. The zero-order valence-electron chi connectivity index (χ0n) is 28.1. The monoisotopic (exact) mass is 640 g/mol. The van der Waals surface area contributed by atoms with Crippen molar-refractivity contribution in [1.82, 2.24) is 20.7 Å². The lowest BCUT2D eigenvalue weighted by Gasteiger charge is -2.31. The Morgan fingerprint density at radius 1 is 0.891 bits per heavy atom. The van der Waals surface area contributed by atoms with E-state index in [0.29, 0.717) is 37.2 Å². The number of unbranched alkanes of at least 4 members (excludes halogenated alkanes) is 1. The van der Waals surface area contributed by atoms with E-state index in [1.807, 2.05) is 34.6 Å². The van der Waals surface area contributed by atoms with Gasteiger partial charge in [-0.05, 0) is 74.4 Å². The number of rotatable bonds is 18. The summed E-state index contributed by atoms with van der Waals surface area (Å²) in [6, 6.07) is 6.78. The van der Waals surface area contributed by atoms with E-state index >= 15 is 0 Å². The number of carbonyl (C=O) groups excluding carboxylic acids is 3. The normalized spacial score (nSPS) is 12.3. The average molecular weight is 641 g/mol. The van der Waals surface area contributed by atoms with Crippen molar-refractivity contribution in [3.8, 4) is 11.8 Å². The Labute approximate surface area is 272 Å². The van der Waals surface area contributed by atoms with Crippen LogP contribution < -0.4 is 10.7 Å². The Balaban J connectivity index is 2.46. The minimum atomic E-state index is -1.24. The quantitative estimate of drug-likeness (QED) is 0.148. The first-order chi connectivity index (χ1) is 21.9. The van der Waals surface area contributed by atoms with E-state index in [1.165, 1.54) is 6.07 Å². The molecule has 0 aliphatic carbocycles. The van der Waals surface area contributed by atoms with Crippen LogP contribution in [0.5, 0.6) is 0 Å². The predicted octanol–water partition coefficient (Wildman–Crippen LogP) is 5.48. The molecule has 0 saturated heterocycles. The van der Waals surface area contributed by atoms with E-state index in [4.69, 9.17) is 0 Å². The van der Waals surface area contributed by atoms with Crippen molar-refractivity contribution in [2.45, 2.75) is 92.2 Å². The van der Waals surface area contributed by atoms with E-state index < -0.39 is 29.7 Å². The number of aliphatic hydroxyl groups is 1. The molecule has 0 aromatic heterocycles. The Morgan fingerprint density at radius 3 is 2.09 bits per heavy atom. The minimum Gasteiger partial charge on any atom is -0.390 e. The first-order valence-electron chi connectivity index (χ1n) is 16.3. The van der Waals surface area contributed by atoms with Gasteiger partial charge in [0.2, 0.25) is 5.91 Å². The standard InChI is InChI=1S/C36H50F2N4O4/c1-7-11-15-42(40-34(44)16-25(5)6)24-33(43)32(21-27-19-30(37)23-31(38)20-27)39-35(45)28-17-26(12-8-2)18-29(22-28)36(46)41(13-9-3)14-10-4/h17-20,22-23,25,32-33,43H,7,9-11,13-16,21,24H2,1-6H3,(H,39,45)(H,40,44). The molecule has 0 radical (unpaired) electrons. The Morgan fingerprint density at radius 2 is 1.52 bits per heavy atom. The third-order valence-corrected chi connectivity index (χ3v) is 7.21. The van der Waals surface area contributed by atoms with Gasteiger partial charge < -0.3 is 15.3 Å². The van der Waals surface area contributed by atoms with Gasteiger partial charge in [0.25, 0.3) is 11.8 Å². The highest BCUT2D eigenvalue weighted by atomic mass is 19.1. The number of nitrogens with zero attached hydrogens (tertiary/aromatic N) is 2. The van der Waals surface area contributed by atoms with Gasteiger partial charge in [-0.3, -0.25) is 19.8 Å². The Kier molecular flexibility index (Phi) is 16.4. The van der Waals surface area contributed by atoms with Crippen molar-refractivity contribution >= 4 is 17.7 Å². The summed E-state index contributed by atoms with van der Waals surface area (Å²) in [6.07, 6.45) is 2.12. The van der Waals surface area contributed by atoms with Crippen molar-refractivity contribution in [3.63, 3.8) is 0 Å². The third kappa shape index (κ3) is 12.9. The van der Waals surface area contributed by atoms with Gasteiger partial charge in [0.15, 0.2) is 0 Å². The molecule has 0 aliphatic heterocycles. The number of hydrogen-bond donors (Lipinski definition) is 3. The number of amides is 3. The molecule has 3 N–H and O–H groups in total. The molecule has 2 unspecified atom stereocenters. The molecule has 8 nitrogen and oxygen atoms in total. The highest BCUT2D eigenvalue weighted by Crippen LogP contribution is 2.17. The Bertz CT molecular complexity index is 1350. The van der Waals surface area contributed by atoms with Crippen LogP contribution in [0.15, 0.2) is 36.4 Å². The molecule has 0 saturated carbocycles. The predicted molar refractivity (Wildman–Crippen MR) is 177 cm³/mol. The minimum absolute atomic E-state index is 0.0410.